The van der Waals surface area contributed by atoms with Crippen molar-refractivity contribution >= 4 is 0 Å². The van der Waals surface area contributed by atoms with Crippen LogP contribution in [-0.2, 0) is 5.41 Å². The summed E-state index contributed by atoms with van der Waals surface area (Å²) in [5, 5.41) is 0. The summed E-state index contributed by atoms with van der Waals surface area (Å²) in [6, 6.07) is 4.44. The number of rotatable bonds is 1. The van der Waals surface area contributed by atoms with Gasteiger partial charge < -0.3 is 0 Å². The Morgan fingerprint density at radius 2 is 2.00 bits per heavy atom. The Labute approximate surface area is 86.6 Å². The average molecular weight is 189 g/mol. The van der Waals surface area contributed by atoms with Gasteiger partial charge in [0.25, 0.3) is 0 Å². The Bertz CT molecular complexity index is 318. The van der Waals surface area contributed by atoms with Gasteiger partial charge in [0.05, 0.1) is 0 Å². The lowest BCUT2D eigenvalue weighted by Crippen LogP contribution is -2.15. The molecule has 0 bridgehead atoms. The van der Waals surface area contributed by atoms with Crippen LogP contribution in [0.3, 0.4) is 0 Å². The zero-order valence-electron chi connectivity index (χ0n) is 9.38. The summed E-state index contributed by atoms with van der Waals surface area (Å²) in [6.45, 7) is 6.77. The van der Waals surface area contributed by atoms with E-state index in [0.29, 0.717) is 0 Å². The van der Waals surface area contributed by atoms with Gasteiger partial charge in [-0.3, -0.25) is 4.98 Å². The van der Waals surface area contributed by atoms with E-state index in [9.17, 15) is 0 Å². The van der Waals surface area contributed by atoms with Gasteiger partial charge in [0.2, 0.25) is 0 Å². The Kier molecular flexibility index (Phi) is 2.34. The normalized spacial score (nSPS) is 17.9. The molecule has 1 aliphatic carbocycles. The maximum absolute atomic E-state index is 4.47. The van der Waals surface area contributed by atoms with Gasteiger partial charge in [-0.2, -0.15) is 0 Å². The first kappa shape index (κ1) is 9.70. The number of hydrogen-bond acceptors (Lipinski definition) is 1. The van der Waals surface area contributed by atoms with E-state index < -0.39 is 0 Å². The lowest BCUT2D eigenvalue weighted by molar-refractivity contribution is 0.410. The summed E-state index contributed by atoms with van der Waals surface area (Å²) in [5.41, 5.74) is 2.97. The molecule has 0 aliphatic heterocycles. The van der Waals surface area contributed by atoms with Crippen molar-refractivity contribution in [3.05, 3.63) is 29.6 Å². The predicted octanol–water partition coefficient (Wildman–Crippen LogP) is 3.65. The minimum Gasteiger partial charge on any atom is -0.261 e. The van der Waals surface area contributed by atoms with Crippen molar-refractivity contribution in [1.82, 2.24) is 4.98 Å². The van der Waals surface area contributed by atoms with Gasteiger partial charge in [-0.25, -0.2) is 0 Å². The van der Waals surface area contributed by atoms with Crippen molar-refractivity contribution in [2.75, 3.05) is 0 Å². The van der Waals surface area contributed by atoms with E-state index >= 15 is 0 Å². The number of nitrogens with zero attached hydrogens (tertiary/aromatic N) is 1. The van der Waals surface area contributed by atoms with Crippen molar-refractivity contribution in [2.24, 2.45) is 0 Å². The van der Waals surface area contributed by atoms with E-state index in [1.54, 1.807) is 0 Å². The molecule has 0 amide bonds. The fourth-order valence-corrected chi connectivity index (χ4v) is 1.84. The maximum Gasteiger partial charge on any atom is 0.0437 e. The van der Waals surface area contributed by atoms with Crippen LogP contribution < -0.4 is 0 Å². The quantitative estimate of drug-likeness (QED) is 0.657. The summed E-state index contributed by atoms with van der Waals surface area (Å²) < 4.78 is 0. The fraction of sp³-hybridized carbons (Fsp3) is 0.615. The second-order valence-corrected chi connectivity index (χ2v) is 5.35. The smallest absolute Gasteiger partial charge is 0.0437 e. The SMILES string of the molecule is CC(C)(C)c1ccnc(C2CCC2)c1. The van der Waals surface area contributed by atoms with Crippen LogP contribution >= 0.6 is 0 Å². The van der Waals surface area contributed by atoms with Crippen molar-refractivity contribution < 1.29 is 0 Å². The van der Waals surface area contributed by atoms with E-state index in [4.69, 9.17) is 0 Å². The van der Waals surface area contributed by atoms with Gasteiger partial charge in [0.1, 0.15) is 0 Å². The summed E-state index contributed by atoms with van der Waals surface area (Å²) in [5.74, 6) is 0.747. The third kappa shape index (κ3) is 1.82. The highest BCUT2D eigenvalue weighted by Crippen LogP contribution is 2.36. The highest BCUT2D eigenvalue weighted by Gasteiger charge is 2.22. The molecule has 1 aromatic heterocycles. The van der Waals surface area contributed by atoms with Crippen LogP contribution in [0.25, 0.3) is 0 Å². The highest BCUT2D eigenvalue weighted by atomic mass is 14.7. The molecule has 0 aromatic carbocycles. The van der Waals surface area contributed by atoms with E-state index in [1.165, 1.54) is 30.5 Å². The Hall–Kier alpha value is -0.850. The fourth-order valence-electron chi connectivity index (χ4n) is 1.84. The van der Waals surface area contributed by atoms with Gasteiger partial charge >= 0.3 is 0 Å². The van der Waals surface area contributed by atoms with Gasteiger partial charge in [0.15, 0.2) is 0 Å². The van der Waals surface area contributed by atoms with Gasteiger partial charge in [-0.15, -0.1) is 0 Å². The number of aromatic nitrogens is 1. The molecular weight excluding hydrogens is 170 g/mol. The summed E-state index contributed by atoms with van der Waals surface area (Å²) in [7, 11) is 0. The number of hydrogen-bond donors (Lipinski definition) is 0. The van der Waals surface area contributed by atoms with Crippen LogP contribution in [0.5, 0.6) is 0 Å². The van der Waals surface area contributed by atoms with E-state index in [-0.39, 0.29) is 5.41 Å². The largest absolute Gasteiger partial charge is 0.261 e. The molecule has 0 spiro atoms. The molecule has 1 heteroatoms. The Balaban J connectivity index is 2.26. The van der Waals surface area contributed by atoms with E-state index in [2.05, 4.69) is 37.9 Å². The highest BCUT2D eigenvalue weighted by molar-refractivity contribution is 5.26. The van der Waals surface area contributed by atoms with Gasteiger partial charge in [0, 0.05) is 17.8 Å². The van der Waals surface area contributed by atoms with Gasteiger partial charge in [-0.1, -0.05) is 27.2 Å². The molecule has 1 saturated carbocycles. The minimum atomic E-state index is 0.251. The van der Waals surface area contributed by atoms with Crippen molar-refractivity contribution in [3.8, 4) is 0 Å². The zero-order valence-corrected chi connectivity index (χ0v) is 9.38. The van der Waals surface area contributed by atoms with Crippen molar-refractivity contribution in [1.29, 1.82) is 0 Å². The monoisotopic (exact) mass is 189 g/mol. The average Bonchev–Trinajstić information content (AvgIpc) is 2.00. The molecule has 0 radical (unpaired) electrons. The summed E-state index contributed by atoms with van der Waals surface area (Å²) >= 11 is 0. The molecule has 0 N–H and O–H groups in total. The second kappa shape index (κ2) is 3.38. The third-order valence-corrected chi connectivity index (χ3v) is 3.17. The third-order valence-electron chi connectivity index (χ3n) is 3.17. The number of pyridine rings is 1. The molecule has 1 fully saturated rings. The molecule has 2 rings (SSSR count). The van der Waals surface area contributed by atoms with Crippen LogP contribution in [0.2, 0.25) is 0 Å². The van der Waals surface area contributed by atoms with Crippen molar-refractivity contribution in [2.45, 2.75) is 51.4 Å². The zero-order chi connectivity index (χ0) is 10.2. The molecule has 1 nitrogen and oxygen atoms in total. The first-order valence-electron chi connectivity index (χ1n) is 5.54. The Morgan fingerprint density at radius 1 is 1.29 bits per heavy atom. The topological polar surface area (TPSA) is 12.9 Å². The molecular formula is C13H19N. The summed E-state index contributed by atoms with van der Waals surface area (Å²) in [4.78, 5) is 4.47. The predicted molar refractivity (Wildman–Crippen MR) is 59.5 cm³/mol. The van der Waals surface area contributed by atoms with Crippen LogP contribution in [0.4, 0.5) is 0 Å². The van der Waals surface area contributed by atoms with Crippen LogP contribution in [0.1, 0.15) is 57.2 Å². The van der Waals surface area contributed by atoms with Gasteiger partial charge in [-0.05, 0) is 36.0 Å². The molecule has 14 heavy (non-hydrogen) atoms. The molecule has 1 heterocycles. The molecule has 0 unspecified atom stereocenters. The van der Waals surface area contributed by atoms with E-state index in [1.807, 2.05) is 6.20 Å². The summed E-state index contributed by atoms with van der Waals surface area (Å²) in [6.07, 6.45) is 6.02. The lowest BCUT2D eigenvalue weighted by atomic mass is 9.80. The molecule has 76 valence electrons. The van der Waals surface area contributed by atoms with Crippen LogP contribution in [-0.4, -0.2) is 4.98 Å². The first-order valence-corrected chi connectivity index (χ1v) is 5.54. The van der Waals surface area contributed by atoms with Crippen LogP contribution in [0, 0.1) is 0 Å². The maximum atomic E-state index is 4.47. The lowest BCUT2D eigenvalue weighted by Gasteiger charge is -2.27. The van der Waals surface area contributed by atoms with E-state index in [0.717, 1.165) is 5.92 Å². The minimum absolute atomic E-state index is 0.251. The first-order chi connectivity index (χ1) is 6.57. The Morgan fingerprint density at radius 3 is 2.50 bits per heavy atom. The molecule has 1 aliphatic rings. The van der Waals surface area contributed by atoms with Crippen molar-refractivity contribution in [3.63, 3.8) is 0 Å². The standard InChI is InChI=1S/C13H19N/c1-13(2,3)11-7-8-14-12(9-11)10-5-4-6-10/h7-10H,4-6H2,1-3H3. The van der Waals surface area contributed by atoms with Crippen LogP contribution in [0.15, 0.2) is 18.3 Å². The second-order valence-electron chi connectivity index (χ2n) is 5.35. The molecule has 0 saturated heterocycles. The molecule has 0 atom stereocenters. The molecule has 1 aromatic rings.